The first-order chi connectivity index (χ1) is 27.2. The molecule has 0 saturated carbocycles. The average molecular weight is 702 g/mol. The highest BCUT2D eigenvalue weighted by Crippen LogP contribution is 2.41. The second-order valence-corrected chi connectivity index (χ2v) is 14.6. The summed E-state index contributed by atoms with van der Waals surface area (Å²) in [5.41, 5.74) is 9.85. The van der Waals surface area contributed by atoms with Gasteiger partial charge in [-0.25, -0.2) is 9.97 Å². The molecule has 0 radical (unpaired) electrons. The van der Waals surface area contributed by atoms with E-state index in [9.17, 15) is 0 Å². The van der Waals surface area contributed by atoms with Crippen LogP contribution in [0.1, 0.15) is 23.7 Å². The van der Waals surface area contributed by atoms with Crippen molar-refractivity contribution in [1.29, 1.82) is 0 Å². The Morgan fingerprint density at radius 1 is 0.473 bits per heavy atom. The van der Waals surface area contributed by atoms with Crippen molar-refractivity contribution in [3.63, 3.8) is 0 Å². The molecule has 2 heterocycles. The molecule has 11 rings (SSSR count). The summed E-state index contributed by atoms with van der Waals surface area (Å²) < 4.78 is 2.43. The molecule has 0 bridgehead atoms. The van der Waals surface area contributed by atoms with Crippen LogP contribution in [0.5, 0.6) is 0 Å². The van der Waals surface area contributed by atoms with Gasteiger partial charge in [-0.3, -0.25) is 0 Å². The molecule has 0 spiro atoms. The summed E-state index contributed by atoms with van der Waals surface area (Å²) in [5.74, 6) is 1.04. The zero-order valence-electron chi connectivity index (χ0n) is 30.1. The summed E-state index contributed by atoms with van der Waals surface area (Å²) in [6.45, 7) is 0. The maximum Gasteiger partial charge on any atom is 0.156 e. The van der Waals surface area contributed by atoms with Crippen LogP contribution in [0, 0.1) is 0 Å². The molecule has 0 fully saturated rings. The zero-order chi connectivity index (χ0) is 36.3. The van der Waals surface area contributed by atoms with Crippen LogP contribution in [-0.4, -0.2) is 14.5 Å². The Morgan fingerprint density at radius 3 is 1.78 bits per heavy atom. The van der Waals surface area contributed by atoms with E-state index in [4.69, 9.17) is 9.97 Å². The molecule has 0 aliphatic heterocycles. The van der Waals surface area contributed by atoms with Crippen LogP contribution < -0.4 is 0 Å². The normalized spacial score (nSPS) is 14.3. The lowest BCUT2D eigenvalue weighted by Gasteiger charge is -2.19. The first-order valence-corrected chi connectivity index (χ1v) is 19.0. The number of allylic oxidation sites excluding steroid dienone is 4. The predicted molar refractivity (Wildman–Crippen MR) is 231 cm³/mol. The third-order valence-electron chi connectivity index (χ3n) is 11.3. The van der Waals surface area contributed by atoms with E-state index in [0.717, 1.165) is 46.0 Å². The summed E-state index contributed by atoms with van der Waals surface area (Å²) in [7, 11) is 0. The minimum atomic E-state index is 0.267. The first-order valence-electron chi connectivity index (χ1n) is 19.0. The summed E-state index contributed by atoms with van der Waals surface area (Å²) >= 11 is 0. The van der Waals surface area contributed by atoms with Gasteiger partial charge in [0, 0.05) is 33.5 Å². The van der Waals surface area contributed by atoms with Crippen molar-refractivity contribution in [3.05, 3.63) is 206 Å². The molecule has 258 valence electrons. The monoisotopic (exact) mass is 701 g/mol. The van der Waals surface area contributed by atoms with E-state index in [1.54, 1.807) is 0 Å². The lowest BCUT2D eigenvalue weighted by atomic mass is 9.88. The minimum Gasteiger partial charge on any atom is -0.309 e. The molecule has 3 heteroatoms. The second-order valence-electron chi connectivity index (χ2n) is 14.6. The van der Waals surface area contributed by atoms with E-state index in [1.165, 1.54) is 59.7 Å². The predicted octanol–water partition coefficient (Wildman–Crippen LogP) is 13.5. The van der Waals surface area contributed by atoms with Crippen molar-refractivity contribution >= 4 is 59.7 Å². The Morgan fingerprint density at radius 2 is 1.07 bits per heavy atom. The van der Waals surface area contributed by atoms with Crippen molar-refractivity contribution in [2.75, 3.05) is 0 Å². The molecule has 1 aliphatic carbocycles. The maximum atomic E-state index is 5.35. The number of hydrogen-bond donors (Lipinski definition) is 0. The molecular formula is C52H35N3. The van der Waals surface area contributed by atoms with Gasteiger partial charge in [0.15, 0.2) is 5.82 Å². The number of benzene rings is 8. The van der Waals surface area contributed by atoms with Gasteiger partial charge in [-0.05, 0) is 86.3 Å². The van der Waals surface area contributed by atoms with Crippen molar-refractivity contribution in [2.45, 2.75) is 12.3 Å². The highest BCUT2D eigenvalue weighted by atomic mass is 15.0. The van der Waals surface area contributed by atoms with Gasteiger partial charge in [-0.2, -0.15) is 0 Å². The molecule has 3 nitrogen and oxygen atoms in total. The van der Waals surface area contributed by atoms with Crippen LogP contribution in [-0.2, 0) is 0 Å². The highest BCUT2D eigenvalue weighted by Gasteiger charge is 2.21. The number of fused-ring (bicyclic) bond motifs is 8. The van der Waals surface area contributed by atoms with Gasteiger partial charge in [0.1, 0.15) is 0 Å². The Bertz CT molecular complexity index is 3090. The molecule has 10 aromatic rings. The zero-order valence-corrected chi connectivity index (χ0v) is 30.1. The first kappa shape index (κ1) is 31.4. The summed E-state index contributed by atoms with van der Waals surface area (Å²) in [4.78, 5) is 10.6. The molecule has 0 amide bonds. The molecule has 0 N–H and O–H groups in total. The summed E-state index contributed by atoms with van der Waals surface area (Å²) in [5, 5.41) is 9.98. The largest absolute Gasteiger partial charge is 0.309 e. The number of rotatable bonds is 5. The van der Waals surface area contributed by atoms with E-state index in [-0.39, 0.29) is 5.92 Å². The van der Waals surface area contributed by atoms with Crippen molar-refractivity contribution in [1.82, 2.24) is 14.5 Å². The van der Waals surface area contributed by atoms with Crippen molar-refractivity contribution in [2.24, 2.45) is 0 Å². The molecule has 2 aromatic heterocycles. The number of aromatic nitrogens is 3. The average Bonchev–Trinajstić information content (AvgIpc) is 3.62. The van der Waals surface area contributed by atoms with E-state index in [2.05, 4.69) is 199 Å². The standard InChI is InChI=1S/C52H35N3/c1-2-12-34(13-3-1)39-18-10-20-42(31-39)52-53-46(33-47(54-52)41-25-24-35-14-4-5-17-38(35)30-41)40-19-11-21-43(32-40)55-48-28-26-36-15-6-8-22-44(36)50(48)51-45-23-9-7-16-37(45)27-29-49(51)55/h1-30,32-33,39H,31H2. The fourth-order valence-corrected chi connectivity index (χ4v) is 8.64. The Hall–Kier alpha value is -7.10. The van der Waals surface area contributed by atoms with Gasteiger partial charge in [0.05, 0.1) is 22.4 Å². The molecule has 8 aromatic carbocycles. The van der Waals surface area contributed by atoms with Gasteiger partial charge in [-0.15, -0.1) is 0 Å². The van der Waals surface area contributed by atoms with Crippen LogP contribution in [0.2, 0.25) is 0 Å². The van der Waals surface area contributed by atoms with E-state index >= 15 is 0 Å². The Labute approximate surface area is 319 Å². The lowest BCUT2D eigenvalue weighted by Crippen LogP contribution is -2.05. The van der Waals surface area contributed by atoms with E-state index in [0.29, 0.717) is 0 Å². The van der Waals surface area contributed by atoms with Crippen LogP contribution in [0.15, 0.2) is 194 Å². The van der Waals surface area contributed by atoms with Gasteiger partial charge >= 0.3 is 0 Å². The Kier molecular flexibility index (Phi) is 7.31. The molecular weight excluding hydrogens is 667 g/mol. The molecule has 0 saturated heterocycles. The third-order valence-corrected chi connectivity index (χ3v) is 11.3. The molecule has 1 atom stereocenters. The van der Waals surface area contributed by atoms with Gasteiger partial charge in [0.25, 0.3) is 0 Å². The topological polar surface area (TPSA) is 30.7 Å². The van der Waals surface area contributed by atoms with E-state index in [1.807, 2.05) is 0 Å². The summed E-state index contributed by atoms with van der Waals surface area (Å²) in [6, 6.07) is 63.4. The molecule has 1 unspecified atom stereocenters. The molecule has 55 heavy (non-hydrogen) atoms. The highest BCUT2D eigenvalue weighted by molar-refractivity contribution is 6.28. The third kappa shape index (κ3) is 5.35. The lowest BCUT2D eigenvalue weighted by molar-refractivity contribution is 0.857. The van der Waals surface area contributed by atoms with Crippen molar-refractivity contribution in [3.8, 4) is 28.2 Å². The van der Waals surface area contributed by atoms with Gasteiger partial charge in [-0.1, -0.05) is 158 Å². The van der Waals surface area contributed by atoms with Crippen LogP contribution in [0.25, 0.3) is 87.9 Å². The van der Waals surface area contributed by atoms with Crippen molar-refractivity contribution < 1.29 is 0 Å². The van der Waals surface area contributed by atoms with Crippen LogP contribution in [0.3, 0.4) is 0 Å². The maximum absolute atomic E-state index is 5.35. The second kappa shape index (κ2) is 12.8. The quantitative estimate of drug-likeness (QED) is 0.179. The number of nitrogens with zero attached hydrogens (tertiary/aromatic N) is 3. The fraction of sp³-hybridized carbons (Fsp3) is 0.0385. The van der Waals surface area contributed by atoms with Gasteiger partial charge < -0.3 is 4.57 Å². The summed E-state index contributed by atoms with van der Waals surface area (Å²) in [6.07, 6.45) is 7.48. The Balaban J connectivity index is 1.11. The minimum absolute atomic E-state index is 0.267. The van der Waals surface area contributed by atoms with Gasteiger partial charge in [0.2, 0.25) is 0 Å². The number of hydrogen-bond acceptors (Lipinski definition) is 2. The smallest absolute Gasteiger partial charge is 0.156 e. The van der Waals surface area contributed by atoms with E-state index < -0.39 is 0 Å². The molecule has 1 aliphatic rings. The van der Waals surface area contributed by atoms with Crippen LogP contribution >= 0.6 is 0 Å². The SMILES string of the molecule is C1=CC(c2ccccc2)CC(c2nc(-c3cccc(-n4c5ccc6ccccc6c5c5c6ccccc6ccc54)c3)cc(-c3ccc4ccccc4c3)n2)=C1. The fourth-order valence-electron chi connectivity index (χ4n) is 8.64. The van der Waals surface area contributed by atoms with Crippen LogP contribution in [0.4, 0.5) is 0 Å².